The Kier molecular flexibility index (Phi) is 4.22. The van der Waals surface area contributed by atoms with Crippen molar-refractivity contribution in [1.82, 2.24) is 20.2 Å². The van der Waals surface area contributed by atoms with Crippen LogP contribution in [0.5, 0.6) is 0 Å². The highest BCUT2D eigenvalue weighted by atomic mass is 16.7. The first-order valence-corrected chi connectivity index (χ1v) is 9.97. The van der Waals surface area contributed by atoms with Crippen LogP contribution >= 0.6 is 0 Å². The Labute approximate surface area is 163 Å². The molecule has 1 saturated carbocycles. The molecule has 5 rings (SSSR count). The molecule has 2 N–H and O–H groups in total. The Balaban J connectivity index is 1.54. The molecule has 0 aromatic carbocycles. The molecule has 2 aliphatic heterocycles. The smallest absolute Gasteiger partial charge is 0.159 e. The molecule has 2 aromatic rings. The molecular formula is C20H24N6O2. The molecule has 0 atom stereocenters. The van der Waals surface area contributed by atoms with E-state index in [9.17, 15) is 0 Å². The molecule has 146 valence electrons. The van der Waals surface area contributed by atoms with E-state index in [1.807, 2.05) is 17.1 Å². The number of nitrogens with one attached hydrogen (secondary N) is 2. The monoisotopic (exact) mass is 380 g/mol. The quantitative estimate of drug-likeness (QED) is 0.841. The van der Waals surface area contributed by atoms with Crippen molar-refractivity contribution in [3.8, 4) is 6.07 Å². The van der Waals surface area contributed by atoms with Gasteiger partial charge in [0.25, 0.3) is 0 Å². The molecule has 0 unspecified atom stereocenters. The first-order valence-electron chi connectivity index (χ1n) is 9.97. The first kappa shape index (κ1) is 17.5. The summed E-state index contributed by atoms with van der Waals surface area (Å²) < 4.78 is 7.42. The van der Waals surface area contributed by atoms with Crippen LogP contribution in [0.3, 0.4) is 0 Å². The molecular weight excluding hydrogens is 356 g/mol. The van der Waals surface area contributed by atoms with Gasteiger partial charge in [-0.15, -0.1) is 0 Å². The van der Waals surface area contributed by atoms with Gasteiger partial charge < -0.3 is 10.1 Å². The summed E-state index contributed by atoms with van der Waals surface area (Å²) in [5.41, 5.74) is 6.52. The summed E-state index contributed by atoms with van der Waals surface area (Å²) in [6, 6.07) is 2.67. The number of aryl methyl sites for hydroxylation is 1. The number of nitrogens with zero attached hydrogens (tertiary/aromatic N) is 4. The van der Waals surface area contributed by atoms with Crippen LogP contribution in [0, 0.1) is 17.2 Å². The number of pyridine rings is 1. The Morgan fingerprint density at radius 3 is 2.93 bits per heavy atom. The van der Waals surface area contributed by atoms with Gasteiger partial charge in [-0.2, -0.15) is 10.4 Å². The van der Waals surface area contributed by atoms with E-state index < -0.39 is 0 Å². The van der Waals surface area contributed by atoms with E-state index in [0.717, 1.165) is 73.4 Å². The molecule has 3 aliphatic rings. The minimum atomic E-state index is -0.367. The second kappa shape index (κ2) is 6.76. The summed E-state index contributed by atoms with van der Waals surface area (Å²) in [5.74, 6) is 0.0700. The molecule has 0 bridgehead atoms. The molecule has 8 heteroatoms. The van der Waals surface area contributed by atoms with Crippen molar-refractivity contribution in [3.05, 3.63) is 24.0 Å². The lowest BCUT2D eigenvalue weighted by molar-refractivity contribution is -0.0982. The zero-order chi connectivity index (χ0) is 19.1. The van der Waals surface area contributed by atoms with E-state index >= 15 is 0 Å². The second-order valence-corrected chi connectivity index (χ2v) is 7.84. The molecule has 1 spiro atoms. The van der Waals surface area contributed by atoms with Crippen LogP contribution in [0.25, 0.3) is 16.7 Å². The maximum absolute atomic E-state index is 9.10. The van der Waals surface area contributed by atoms with Crippen LogP contribution in [-0.2, 0) is 16.1 Å². The Morgan fingerprint density at radius 2 is 2.18 bits per heavy atom. The van der Waals surface area contributed by atoms with Crippen molar-refractivity contribution in [3.63, 3.8) is 0 Å². The maximum Gasteiger partial charge on any atom is 0.159 e. The number of anilines is 1. The number of hydroxylamine groups is 1. The number of hydrogen-bond acceptors (Lipinski definition) is 7. The Bertz CT molecular complexity index is 963. The first-order chi connectivity index (χ1) is 13.7. The van der Waals surface area contributed by atoms with Crippen LogP contribution < -0.4 is 10.8 Å². The summed E-state index contributed by atoms with van der Waals surface area (Å²) in [6.45, 7) is 4.39. The number of rotatable bonds is 4. The van der Waals surface area contributed by atoms with Gasteiger partial charge >= 0.3 is 0 Å². The van der Waals surface area contributed by atoms with Crippen LogP contribution in [0.4, 0.5) is 5.69 Å². The summed E-state index contributed by atoms with van der Waals surface area (Å²) >= 11 is 0. The Morgan fingerprint density at radius 1 is 1.36 bits per heavy atom. The molecule has 2 fully saturated rings. The standard InChI is InChI=1S/C20H24N6O2/c1-2-26-19-16(12-23-26)18(24-14-3-5-27-6-4-14)15(11-22-19)17-9-20(28-25-17)7-13(8-20)10-21/h9,11-14,25H,2-8H2,1H3,(H,22,24). The predicted octanol–water partition coefficient (Wildman–Crippen LogP) is 2.59. The van der Waals surface area contributed by atoms with Crippen molar-refractivity contribution < 1.29 is 9.57 Å². The zero-order valence-corrected chi connectivity index (χ0v) is 15.9. The van der Waals surface area contributed by atoms with E-state index in [0.29, 0.717) is 6.04 Å². The van der Waals surface area contributed by atoms with Crippen LogP contribution in [0.2, 0.25) is 0 Å². The van der Waals surface area contributed by atoms with Crippen molar-refractivity contribution in [2.24, 2.45) is 5.92 Å². The topological polar surface area (TPSA) is 97.0 Å². The molecule has 1 aliphatic carbocycles. The normalized spacial score (nSPS) is 27.3. The summed E-state index contributed by atoms with van der Waals surface area (Å²) in [5, 5.41) is 18.3. The highest BCUT2D eigenvalue weighted by Gasteiger charge is 2.48. The average molecular weight is 380 g/mol. The van der Waals surface area contributed by atoms with Gasteiger partial charge in [0.2, 0.25) is 0 Å². The highest BCUT2D eigenvalue weighted by molar-refractivity contribution is 5.95. The molecule has 1 saturated heterocycles. The lowest BCUT2D eigenvalue weighted by atomic mass is 9.71. The van der Waals surface area contributed by atoms with E-state index in [1.165, 1.54) is 0 Å². The number of ether oxygens (including phenoxy) is 1. The fraction of sp³-hybridized carbons (Fsp3) is 0.550. The van der Waals surface area contributed by atoms with Crippen molar-refractivity contribution in [1.29, 1.82) is 5.26 Å². The van der Waals surface area contributed by atoms with E-state index in [4.69, 9.17) is 14.8 Å². The largest absolute Gasteiger partial charge is 0.381 e. The van der Waals surface area contributed by atoms with Gasteiger partial charge in [-0.05, 0) is 38.7 Å². The third-order valence-corrected chi connectivity index (χ3v) is 5.96. The SMILES string of the molecule is CCn1ncc2c(NC3CCOCC3)c(C3=CC4(CC(C#N)C4)ON3)cnc21. The van der Waals surface area contributed by atoms with Gasteiger partial charge in [0.05, 0.1) is 35.0 Å². The maximum atomic E-state index is 9.10. The van der Waals surface area contributed by atoms with Crippen molar-refractivity contribution in [2.45, 2.75) is 50.8 Å². The van der Waals surface area contributed by atoms with E-state index in [1.54, 1.807) is 0 Å². The highest BCUT2D eigenvalue weighted by Crippen LogP contribution is 2.46. The summed E-state index contributed by atoms with van der Waals surface area (Å²) in [7, 11) is 0. The van der Waals surface area contributed by atoms with Crippen molar-refractivity contribution in [2.75, 3.05) is 18.5 Å². The van der Waals surface area contributed by atoms with Crippen molar-refractivity contribution >= 4 is 22.4 Å². The lowest BCUT2D eigenvalue weighted by Gasteiger charge is -2.37. The number of aromatic nitrogens is 3. The van der Waals surface area contributed by atoms with Gasteiger partial charge in [-0.25, -0.2) is 9.67 Å². The molecule has 28 heavy (non-hydrogen) atoms. The summed E-state index contributed by atoms with van der Waals surface area (Å²) in [6.07, 6.45) is 9.29. The number of hydrogen-bond donors (Lipinski definition) is 2. The predicted molar refractivity (Wildman–Crippen MR) is 104 cm³/mol. The molecule has 0 radical (unpaired) electrons. The van der Waals surface area contributed by atoms with Crippen LogP contribution in [-0.4, -0.2) is 39.6 Å². The third-order valence-electron chi connectivity index (χ3n) is 5.96. The van der Waals surface area contributed by atoms with Gasteiger partial charge in [0.1, 0.15) is 5.60 Å². The molecule has 2 aromatic heterocycles. The molecule has 4 heterocycles. The third kappa shape index (κ3) is 2.82. The second-order valence-electron chi connectivity index (χ2n) is 7.84. The summed E-state index contributed by atoms with van der Waals surface area (Å²) in [4.78, 5) is 10.5. The number of nitriles is 1. The van der Waals surface area contributed by atoms with Gasteiger partial charge in [-0.3, -0.25) is 10.3 Å². The zero-order valence-electron chi connectivity index (χ0n) is 15.9. The fourth-order valence-corrected chi connectivity index (χ4v) is 4.34. The van der Waals surface area contributed by atoms with Gasteiger partial charge in [0, 0.05) is 37.6 Å². The molecule has 8 nitrogen and oxygen atoms in total. The lowest BCUT2D eigenvalue weighted by Crippen LogP contribution is -2.43. The van der Waals surface area contributed by atoms with Crippen LogP contribution in [0.15, 0.2) is 18.5 Å². The van der Waals surface area contributed by atoms with Gasteiger partial charge in [-0.1, -0.05) is 0 Å². The average Bonchev–Trinajstić information content (AvgIpc) is 3.32. The van der Waals surface area contributed by atoms with Gasteiger partial charge in [0.15, 0.2) is 5.65 Å². The van der Waals surface area contributed by atoms with Crippen LogP contribution in [0.1, 0.15) is 38.2 Å². The number of fused-ring (bicyclic) bond motifs is 1. The minimum Gasteiger partial charge on any atom is -0.381 e. The van der Waals surface area contributed by atoms with E-state index in [-0.39, 0.29) is 11.5 Å². The molecule has 0 amide bonds. The Hall–Kier alpha value is -2.63. The van der Waals surface area contributed by atoms with E-state index in [2.05, 4.69) is 39.9 Å². The fourth-order valence-electron chi connectivity index (χ4n) is 4.34. The minimum absolute atomic E-state index is 0.0700.